The van der Waals surface area contributed by atoms with Crippen LogP contribution in [0.5, 0.6) is 23.0 Å². The summed E-state index contributed by atoms with van der Waals surface area (Å²) >= 11 is 0. The minimum Gasteiger partial charge on any atom is -0.507 e. The molecule has 2 saturated heterocycles. The van der Waals surface area contributed by atoms with Crippen LogP contribution in [0.15, 0.2) is 78.4 Å². The number of morpholine rings is 1. The predicted octanol–water partition coefficient (Wildman–Crippen LogP) is 4.00. The summed E-state index contributed by atoms with van der Waals surface area (Å²) in [6, 6.07) is 20.9. The maximum Gasteiger partial charge on any atom is 0.295 e. The second-order valence-electron chi connectivity index (χ2n) is 9.79. The van der Waals surface area contributed by atoms with E-state index in [4.69, 9.17) is 18.9 Å². The lowest BCUT2D eigenvalue weighted by molar-refractivity contribution is -0.140. The Kier molecular flexibility index (Phi) is 7.39. The van der Waals surface area contributed by atoms with Gasteiger partial charge in [0.05, 0.1) is 24.8 Å². The zero-order valence-corrected chi connectivity index (χ0v) is 22.0. The van der Waals surface area contributed by atoms with Crippen molar-refractivity contribution < 1.29 is 33.6 Å². The van der Waals surface area contributed by atoms with Crippen LogP contribution < -0.4 is 14.2 Å². The molecular weight excluding hydrogens is 512 g/mol. The van der Waals surface area contributed by atoms with Crippen molar-refractivity contribution >= 4 is 17.4 Å². The minimum absolute atomic E-state index is 0.0283. The third-order valence-electron chi connectivity index (χ3n) is 7.27. The number of benzene rings is 3. The maximum atomic E-state index is 13.5. The molecule has 40 heavy (non-hydrogen) atoms. The number of hydrogen-bond acceptors (Lipinski definition) is 8. The average molecular weight is 543 g/mol. The van der Waals surface area contributed by atoms with Crippen molar-refractivity contribution in [1.82, 2.24) is 9.80 Å². The van der Waals surface area contributed by atoms with Crippen molar-refractivity contribution in [2.24, 2.45) is 0 Å². The van der Waals surface area contributed by atoms with Gasteiger partial charge in [0.25, 0.3) is 11.7 Å². The summed E-state index contributed by atoms with van der Waals surface area (Å²) in [6.45, 7) is 4.49. The van der Waals surface area contributed by atoms with Crippen molar-refractivity contribution in [3.63, 3.8) is 0 Å². The molecule has 0 saturated carbocycles. The average Bonchev–Trinajstić information content (AvgIpc) is 3.25. The van der Waals surface area contributed by atoms with Crippen molar-refractivity contribution in [3.8, 4) is 23.0 Å². The van der Waals surface area contributed by atoms with Crippen LogP contribution in [0.3, 0.4) is 0 Å². The van der Waals surface area contributed by atoms with Gasteiger partial charge >= 0.3 is 0 Å². The maximum absolute atomic E-state index is 13.5. The molecule has 1 unspecified atom stereocenters. The number of likely N-dealkylation sites (tertiary alicyclic amines) is 1. The van der Waals surface area contributed by atoms with E-state index in [1.807, 2.05) is 54.6 Å². The molecule has 1 amide bonds. The van der Waals surface area contributed by atoms with Gasteiger partial charge in [0.2, 0.25) is 0 Å². The highest BCUT2D eigenvalue weighted by atomic mass is 16.6. The van der Waals surface area contributed by atoms with Crippen LogP contribution in [-0.2, 0) is 14.3 Å². The minimum atomic E-state index is -0.798. The number of carbonyl (C=O) groups excluding carboxylic acids is 2. The van der Waals surface area contributed by atoms with Gasteiger partial charge in [-0.25, -0.2) is 0 Å². The van der Waals surface area contributed by atoms with E-state index in [1.165, 1.54) is 0 Å². The summed E-state index contributed by atoms with van der Waals surface area (Å²) in [5, 5.41) is 11.5. The van der Waals surface area contributed by atoms with Gasteiger partial charge in [0.15, 0.2) is 11.5 Å². The van der Waals surface area contributed by atoms with Crippen molar-refractivity contribution in [3.05, 3.63) is 89.5 Å². The molecule has 9 heteroatoms. The topological polar surface area (TPSA) is 97.8 Å². The molecule has 9 nitrogen and oxygen atoms in total. The fraction of sp³-hybridized carbons (Fsp3) is 0.290. The van der Waals surface area contributed by atoms with Gasteiger partial charge in [0.1, 0.15) is 30.5 Å². The second-order valence-corrected chi connectivity index (χ2v) is 9.79. The van der Waals surface area contributed by atoms with E-state index in [-0.39, 0.29) is 11.3 Å². The number of aliphatic hydroxyl groups excluding tert-OH is 1. The largest absolute Gasteiger partial charge is 0.507 e. The first kappa shape index (κ1) is 25.9. The lowest BCUT2D eigenvalue weighted by Crippen LogP contribution is -2.42. The zero-order valence-electron chi connectivity index (χ0n) is 22.0. The number of para-hydroxylation sites is 1. The van der Waals surface area contributed by atoms with Crippen LogP contribution in [0, 0.1) is 0 Å². The van der Waals surface area contributed by atoms with Crippen LogP contribution in [0.25, 0.3) is 5.76 Å². The number of aliphatic hydroxyl groups is 1. The number of amides is 1. The molecule has 0 bridgehead atoms. The molecule has 1 N–H and O–H groups in total. The Balaban J connectivity index is 1.39. The number of nitrogens with zero attached hydrogens (tertiary/aromatic N) is 2. The van der Waals surface area contributed by atoms with Gasteiger partial charge in [0, 0.05) is 31.7 Å². The number of fused-ring (bicyclic) bond motifs is 1. The SMILES string of the molecule is O=C1C(=O)N(CCN2CCOCC2)C(c2cccc(Oc3ccccc3)c2)/C1=C(/O)c1ccc2c(c1)OCCO2. The number of ketones is 1. The Morgan fingerprint density at radius 2 is 1.57 bits per heavy atom. The van der Waals surface area contributed by atoms with E-state index in [0.29, 0.717) is 73.6 Å². The van der Waals surface area contributed by atoms with Gasteiger partial charge in [-0.05, 0) is 48.0 Å². The van der Waals surface area contributed by atoms with E-state index >= 15 is 0 Å². The standard InChI is InChI=1S/C31H30N2O7/c34-29(22-9-10-25-26(20-22)39-18-17-38-25)27-28(21-5-4-8-24(19-21)40-23-6-2-1-3-7-23)33(31(36)30(27)35)12-11-32-13-15-37-16-14-32/h1-10,19-20,28,34H,11-18H2/b29-27-. The van der Waals surface area contributed by atoms with Gasteiger partial charge in [-0.1, -0.05) is 30.3 Å². The summed E-state index contributed by atoms with van der Waals surface area (Å²) < 4.78 is 22.8. The van der Waals surface area contributed by atoms with Crippen LogP contribution in [0.4, 0.5) is 0 Å². The van der Waals surface area contributed by atoms with Gasteiger partial charge in [-0.3, -0.25) is 14.5 Å². The monoisotopic (exact) mass is 542 g/mol. The molecule has 0 spiro atoms. The highest BCUT2D eigenvalue weighted by Crippen LogP contribution is 2.42. The highest BCUT2D eigenvalue weighted by molar-refractivity contribution is 6.46. The summed E-state index contributed by atoms with van der Waals surface area (Å²) in [4.78, 5) is 30.7. The quantitative estimate of drug-likeness (QED) is 0.272. The molecule has 3 heterocycles. The van der Waals surface area contributed by atoms with E-state index in [9.17, 15) is 14.7 Å². The molecule has 0 aliphatic carbocycles. The molecule has 0 aromatic heterocycles. The third-order valence-corrected chi connectivity index (χ3v) is 7.27. The second kappa shape index (κ2) is 11.4. The lowest BCUT2D eigenvalue weighted by Gasteiger charge is -2.31. The molecule has 206 valence electrons. The number of ether oxygens (including phenoxy) is 4. The molecule has 2 fully saturated rings. The summed E-state index contributed by atoms with van der Waals surface area (Å²) in [6.07, 6.45) is 0. The normalized spacial score (nSPS) is 20.5. The molecular formula is C31H30N2O7. The van der Waals surface area contributed by atoms with Crippen molar-refractivity contribution in [2.75, 3.05) is 52.6 Å². The van der Waals surface area contributed by atoms with Crippen LogP contribution in [0.1, 0.15) is 17.2 Å². The Bertz CT molecular complexity index is 1430. The Morgan fingerprint density at radius 1 is 0.825 bits per heavy atom. The van der Waals surface area contributed by atoms with Gasteiger partial charge < -0.3 is 29.0 Å². The summed E-state index contributed by atoms with van der Waals surface area (Å²) in [5.41, 5.74) is 1.06. The first-order valence-electron chi connectivity index (χ1n) is 13.4. The van der Waals surface area contributed by atoms with E-state index in [2.05, 4.69) is 4.90 Å². The fourth-order valence-corrected chi connectivity index (χ4v) is 5.25. The lowest BCUT2D eigenvalue weighted by atomic mass is 9.95. The van der Waals surface area contributed by atoms with E-state index in [0.717, 1.165) is 13.1 Å². The summed E-state index contributed by atoms with van der Waals surface area (Å²) in [5.74, 6) is 0.630. The Labute approximate surface area is 232 Å². The van der Waals surface area contributed by atoms with E-state index in [1.54, 1.807) is 23.1 Å². The van der Waals surface area contributed by atoms with Crippen molar-refractivity contribution in [1.29, 1.82) is 0 Å². The zero-order chi connectivity index (χ0) is 27.5. The van der Waals surface area contributed by atoms with Crippen molar-refractivity contribution in [2.45, 2.75) is 6.04 Å². The predicted molar refractivity (Wildman–Crippen MR) is 147 cm³/mol. The number of rotatable bonds is 7. The first-order chi connectivity index (χ1) is 19.6. The van der Waals surface area contributed by atoms with Crippen LogP contribution >= 0.6 is 0 Å². The molecule has 1 atom stereocenters. The number of carbonyl (C=O) groups is 2. The fourth-order valence-electron chi connectivity index (χ4n) is 5.25. The molecule has 0 radical (unpaired) electrons. The van der Waals surface area contributed by atoms with Gasteiger partial charge in [-0.2, -0.15) is 0 Å². The van der Waals surface area contributed by atoms with Crippen LogP contribution in [-0.4, -0.2) is 79.2 Å². The third kappa shape index (κ3) is 5.25. The van der Waals surface area contributed by atoms with Gasteiger partial charge in [-0.15, -0.1) is 0 Å². The summed E-state index contributed by atoms with van der Waals surface area (Å²) in [7, 11) is 0. The van der Waals surface area contributed by atoms with E-state index < -0.39 is 17.7 Å². The van der Waals surface area contributed by atoms with Crippen LogP contribution in [0.2, 0.25) is 0 Å². The molecule has 3 aliphatic rings. The highest BCUT2D eigenvalue weighted by Gasteiger charge is 2.46. The smallest absolute Gasteiger partial charge is 0.295 e. The molecule has 3 aliphatic heterocycles. The molecule has 3 aromatic carbocycles. The number of Topliss-reactive ketones (excluding diaryl/α,β-unsaturated/α-hetero) is 1. The molecule has 6 rings (SSSR count). The Hall–Kier alpha value is -4.34. The number of hydrogen-bond donors (Lipinski definition) is 1. The molecule has 3 aromatic rings. The Morgan fingerprint density at radius 3 is 2.38 bits per heavy atom. The first-order valence-corrected chi connectivity index (χ1v) is 13.4.